The van der Waals surface area contributed by atoms with Crippen molar-refractivity contribution >= 4 is 0 Å². The Balaban J connectivity index is 2.30. The van der Waals surface area contributed by atoms with E-state index in [2.05, 4.69) is 62.0 Å². The number of rotatable bonds is 8. The molecule has 0 aliphatic carbocycles. The summed E-state index contributed by atoms with van der Waals surface area (Å²) in [6.45, 7) is 12.3. The summed E-state index contributed by atoms with van der Waals surface area (Å²) >= 11 is 0. The van der Waals surface area contributed by atoms with Gasteiger partial charge in [-0.15, -0.1) is 0 Å². The highest BCUT2D eigenvalue weighted by Gasteiger charge is 2.02. The molecular formula is C16H26N2. The van der Waals surface area contributed by atoms with E-state index in [0.29, 0.717) is 0 Å². The van der Waals surface area contributed by atoms with Gasteiger partial charge in [0.1, 0.15) is 0 Å². The van der Waals surface area contributed by atoms with Crippen molar-refractivity contribution < 1.29 is 0 Å². The second-order valence-electron chi connectivity index (χ2n) is 5.08. The minimum atomic E-state index is 0.923. The van der Waals surface area contributed by atoms with Gasteiger partial charge in [0.2, 0.25) is 0 Å². The third-order valence-corrected chi connectivity index (χ3v) is 2.87. The van der Waals surface area contributed by atoms with Gasteiger partial charge in [-0.2, -0.15) is 0 Å². The summed E-state index contributed by atoms with van der Waals surface area (Å²) in [7, 11) is 2.14. The predicted molar refractivity (Wildman–Crippen MR) is 79.8 cm³/mol. The van der Waals surface area contributed by atoms with Gasteiger partial charge in [0, 0.05) is 19.6 Å². The maximum atomic E-state index is 4.12. The van der Waals surface area contributed by atoms with E-state index in [-0.39, 0.29) is 0 Å². The lowest BCUT2D eigenvalue weighted by Gasteiger charge is -2.18. The third kappa shape index (κ3) is 5.99. The average molecular weight is 246 g/mol. The van der Waals surface area contributed by atoms with Gasteiger partial charge in [0.15, 0.2) is 0 Å². The van der Waals surface area contributed by atoms with Gasteiger partial charge in [-0.05, 0) is 38.1 Å². The van der Waals surface area contributed by atoms with Gasteiger partial charge in [0.05, 0.1) is 0 Å². The molecular weight excluding hydrogens is 220 g/mol. The molecule has 0 aromatic heterocycles. The molecule has 0 radical (unpaired) electrons. The van der Waals surface area contributed by atoms with Gasteiger partial charge in [-0.1, -0.05) is 43.3 Å². The zero-order valence-corrected chi connectivity index (χ0v) is 12.0. The Morgan fingerprint density at radius 1 is 1.28 bits per heavy atom. The van der Waals surface area contributed by atoms with E-state index >= 15 is 0 Å². The van der Waals surface area contributed by atoms with E-state index in [4.69, 9.17) is 0 Å². The van der Waals surface area contributed by atoms with Crippen molar-refractivity contribution in [3.63, 3.8) is 0 Å². The first-order chi connectivity index (χ1) is 8.61. The monoisotopic (exact) mass is 246 g/mol. The summed E-state index contributed by atoms with van der Waals surface area (Å²) in [6.07, 6.45) is 1.17. The van der Waals surface area contributed by atoms with Crippen molar-refractivity contribution in [1.82, 2.24) is 10.2 Å². The molecule has 1 rings (SSSR count). The van der Waals surface area contributed by atoms with Crippen LogP contribution in [0.5, 0.6) is 0 Å². The highest BCUT2D eigenvalue weighted by Crippen LogP contribution is 2.06. The number of hydrogen-bond donors (Lipinski definition) is 1. The number of nitrogens with zero attached hydrogens (tertiary/aromatic N) is 1. The van der Waals surface area contributed by atoms with Crippen molar-refractivity contribution in [2.75, 3.05) is 26.7 Å². The van der Waals surface area contributed by atoms with Crippen LogP contribution in [0, 0.1) is 6.92 Å². The van der Waals surface area contributed by atoms with Crippen LogP contribution in [-0.2, 0) is 6.54 Å². The quantitative estimate of drug-likeness (QED) is 0.560. The van der Waals surface area contributed by atoms with Crippen molar-refractivity contribution in [3.8, 4) is 0 Å². The van der Waals surface area contributed by atoms with Crippen LogP contribution in [0.4, 0.5) is 0 Å². The van der Waals surface area contributed by atoms with Crippen LogP contribution in [0.15, 0.2) is 36.4 Å². The van der Waals surface area contributed by atoms with Crippen molar-refractivity contribution in [2.24, 2.45) is 0 Å². The minimum Gasteiger partial charge on any atom is -0.313 e. The molecule has 1 aromatic rings. The fourth-order valence-electron chi connectivity index (χ4n) is 1.94. The van der Waals surface area contributed by atoms with E-state index in [0.717, 1.165) is 26.2 Å². The lowest BCUT2D eigenvalue weighted by Crippen LogP contribution is -2.26. The Hall–Kier alpha value is -1.12. The van der Waals surface area contributed by atoms with E-state index in [1.165, 1.54) is 23.1 Å². The smallest absolute Gasteiger partial charge is 0.0234 e. The summed E-state index contributed by atoms with van der Waals surface area (Å²) in [6, 6.07) is 8.73. The first kappa shape index (κ1) is 14.9. The molecule has 0 aliphatic rings. The van der Waals surface area contributed by atoms with Crippen molar-refractivity contribution in [1.29, 1.82) is 0 Å². The number of aryl methyl sites for hydroxylation is 1. The molecule has 1 aromatic carbocycles. The molecule has 0 saturated heterocycles. The van der Waals surface area contributed by atoms with E-state index in [1.807, 2.05) is 0 Å². The lowest BCUT2D eigenvalue weighted by atomic mass is 10.1. The predicted octanol–water partition coefficient (Wildman–Crippen LogP) is 2.98. The molecule has 0 saturated carbocycles. The summed E-state index contributed by atoms with van der Waals surface area (Å²) in [4.78, 5) is 2.31. The highest BCUT2D eigenvalue weighted by molar-refractivity contribution is 5.21. The van der Waals surface area contributed by atoms with E-state index in [1.54, 1.807) is 0 Å². The van der Waals surface area contributed by atoms with Crippen molar-refractivity contribution in [2.45, 2.75) is 26.8 Å². The molecule has 1 N–H and O–H groups in total. The normalized spacial score (nSPS) is 10.9. The largest absolute Gasteiger partial charge is 0.313 e. The molecule has 0 heterocycles. The fourth-order valence-corrected chi connectivity index (χ4v) is 1.94. The maximum Gasteiger partial charge on any atom is 0.0234 e. The molecule has 0 amide bonds. The number of likely N-dealkylation sites (N-methyl/N-ethyl adjacent to an activating group) is 1. The van der Waals surface area contributed by atoms with E-state index < -0.39 is 0 Å². The van der Waals surface area contributed by atoms with Crippen LogP contribution in [0.25, 0.3) is 0 Å². The Kier molecular flexibility index (Phi) is 6.69. The summed E-state index contributed by atoms with van der Waals surface area (Å²) < 4.78 is 0. The van der Waals surface area contributed by atoms with Crippen LogP contribution in [0.3, 0.4) is 0 Å². The Morgan fingerprint density at radius 2 is 1.94 bits per heavy atom. The summed E-state index contributed by atoms with van der Waals surface area (Å²) in [5, 5.41) is 3.39. The molecule has 0 spiro atoms. The average Bonchev–Trinajstić information content (AvgIpc) is 2.32. The fraction of sp³-hybridized carbons (Fsp3) is 0.500. The Labute approximate surface area is 112 Å². The lowest BCUT2D eigenvalue weighted by molar-refractivity contribution is 0.352. The molecule has 0 aliphatic heterocycles. The van der Waals surface area contributed by atoms with Crippen LogP contribution < -0.4 is 5.32 Å². The topological polar surface area (TPSA) is 15.3 Å². The zero-order valence-electron chi connectivity index (χ0n) is 12.0. The SMILES string of the molecule is C=C(CNCCC)CN(C)Cc1ccc(C)cc1. The number of hydrogen-bond acceptors (Lipinski definition) is 2. The molecule has 0 unspecified atom stereocenters. The number of benzene rings is 1. The molecule has 0 atom stereocenters. The van der Waals surface area contributed by atoms with Gasteiger partial charge in [0.25, 0.3) is 0 Å². The second-order valence-corrected chi connectivity index (χ2v) is 5.08. The zero-order chi connectivity index (χ0) is 13.4. The summed E-state index contributed by atoms with van der Waals surface area (Å²) in [5.41, 5.74) is 3.92. The molecule has 2 nitrogen and oxygen atoms in total. The van der Waals surface area contributed by atoms with Crippen LogP contribution in [-0.4, -0.2) is 31.6 Å². The molecule has 0 fully saturated rings. The molecule has 0 bridgehead atoms. The van der Waals surface area contributed by atoms with Gasteiger partial charge in [-0.3, -0.25) is 4.90 Å². The minimum absolute atomic E-state index is 0.923. The second kappa shape index (κ2) is 8.06. The Morgan fingerprint density at radius 3 is 2.56 bits per heavy atom. The highest BCUT2D eigenvalue weighted by atomic mass is 15.1. The molecule has 100 valence electrons. The molecule has 18 heavy (non-hydrogen) atoms. The first-order valence-corrected chi connectivity index (χ1v) is 6.73. The standard InChI is InChI=1S/C16H26N2/c1-5-10-17-11-15(3)12-18(4)13-16-8-6-14(2)7-9-16/h6-9,17H,3,5,10-13H2,1-2,4H3. The maximum absolute atomic E-state index is 4.12. The third-order valence-electron chi connectivity index (χ3n) is 2.87. The van der Waals surface area contributed by atoms with Crippen LogP contribution in [0.1, 0.15) is 24.5 Å². The van der Waals surface area contributed by atoms with Gasteiger partial charge >= 0.3 is 0 Å². The Bertz CT molecular complexity index is 354. The summed E-state index contributed by atoms with van der Waals surface area (Å²) in [5.74, 6) is 0. The van der Waals surface area contributed by atoms with E-state index in [9.17, 15) is 0 Å². The van der Waals surface area contributed by atoms with Gasteiger partial charge < -0.3 is 5.32 Å². The van der Waals surface area contributed by atoms with Crippen LogP contribution in [0.2, 0.25) is 0 Å². The first-order valence-electron chi connectivity index (χ1n) is 6.73. The van der Waals surface area contributed by atoms with Crippen LogP contribution >= 0.6 is 0 Å². The molecule has 2 heteroatoms. The van der Waals surface area contributed by atoms with Crippen molar-refractivity contribution in [3.05, 3.63) is 47.5 Å². The number of nitrogens with one attached hydrogen (secondary N) is 1. The van der Waals surface area contributed by atoms with Gasteiger partial charge in [-0.25, -0.2) is 0 Å².